The van der Waals surface area contributed by atoms with E-state index in [9.17, 15) is 8.42 Å². The van der Waals surface area contributed by atoms with Gasteiger partial charge in [-0.3, -0.25) is 0 Å². The number of hydrogen-bond acceptors (Lipinski definition) is 3. The lowest BCUT2D eigenvalue weighted by atomic mass is 10.1. The van der Waals surface area contributed by atoms with Gasteiger partial charge in [-0.15, -0.1) is 0 Å². The van der Waals surface area contributed by atoms with E-state index in [0.29, 0.717) is 6.42 Å². The zero-order valence-corrected chi connectivity index (χ0v) is 8.14. The normalized spacial score (nSPS) is 11.5. The first-order chi connectivity index (χ1) is 5.96. The molecule has 1 aromatic rings. The van der Waals surface area contributed by atoms with Crippen LogP contribution in [0.1, 0.15) is 12.5 Å². The van der Waals surface area contributed by atoms with Gasteiger partial charge in [0.1, 0.15) is 4.90 Å². The minimum Gasteiger partial charge on any atom is -0.397 e. The van der Waals surface area contributed by atoms with Gasteiger partial charge in [-0.25, -0.2) is 13.6 Å². The van der Waals surface area contributed by atoms with Crippen LogP contribution in [0.15, 0.2) is 23.1 Å². The second-order valence-corrected chi connectivity index (χ2v) is 4.26. The van der Waals surface area contributed by atoms with Crippen LogP contribution in [0.5, 0.6) is 0 Å². The van der Waals surface area contributed by atoms with Gasteiger partial charge in [-0.05, 0) is 18.1 Å². The molecular weight excluding hydrogens is 188 g/mol. The van der Waals surface area contributed by atoms with E-state index in [0.717, 1.165) is 5.56 Å². The zero-order valence-electron chi connectivity index (χ0n) is 7.32. The van der Waals surface area contributed by atoms with Gasteiger partial charge in [0.25, 0.3) is 0 Å². The quantitative estimate of drug-likeness (QED) is 0.681. The van der Waals surface area contributed by atoms with Crippen LogP contribution >= 0.6 is 0 Å². The highest BCUT2D eigenvalue weighted by atomic mass is 32.2. The molecule has 0 fully saturated rings. The van der Waals surface area contributed by atoms with E-state index in [2.05, 4.69) is 0 Å². The van der Waals surface area contributed by atoms with Gasteiger partial charge in [0.15, 0.2) is 0 Å². The molecule has 4 nitrogen and oxygen atoms in total. The fourth-order valence-corrected chi connectivity index (χ4v) is 1.85. The molecule has 0 aliphatic heterocycles. The second kappa shape index (κ2) is 3.35. The van der Waals surface area contributed by atoms with Crippen molar-refractivity contribution in [1.29, 1.82) is 0 Å². The Kier molecular flexibility index (Phi) is 2.58. The van der Waals surface area contributed by atoms with E-state index in [1.165, 1.54) is 6.07 Å². The summed E-state index contributed by atoms with van der Waals surface area (Å²) in [5.74, 6) is 0. The van der Waals surface area contributed by atoms with Crippen LogP contribution in [0, 0.1) is 0 Å². The van der Waals surface area contributed by atoms with E-state index >= 15 is 0 Å². The minimum atomic E-state index is -3.69. The first kappa shape index (κ1) is 10.0. The van der Waals surface area contributed by atoms with Crippen LogP contribution in [0.3, 0.4) is 0 Å². The molecular formula is C8H12N2O2S. The van der Waals surface area contributed by atoms with Gasteiger partial charge >= 0.3 is 0 Å². The number of benzene rings is 1. The molecule has 0 radical (unpaired) electrons. The molecule has 0 spiro atoms. The third-order valence-corrected chi connectivity index (χ3v) is 2.81. The molecule has 4 N–H and O–H groups in total. The van der Waals surface area contributed by atoms with Crippen LogP contribution in [-0.4, -0.2) is 8.42 Å². The van der Waals surface area contributed by atoms with Crippen molar-refractivity contribution in [2.24, 2.45) is 5.14 Å². The Morgan fingerprint density at radius 3 is 2.46 bits per heavy atom. The molecule has 0 aliphatic rings. The molecule has 0 atom stereocenters. The number of primary sulfonamides is 1. The number of hydrogen-bond donors (Lipinski definition) is 2. The molecule has 0 aliphatic carbocycles. The van der Waals surface area contributed by atoms with Gasteiger partial charge in [-0.2, -0.15) is 0 Å². The van der Waals surface area contributed by atoms with Crippen molar-refractivity contribution >= 4 is 15.7 Å². The van der Waals surface area contributed by atoms with Crippen LogP contribution in [-0.2, 0) is 16.4 Å². The average Bonchev–Trinajstić information content (AvgIpc) is 2.02. The number of para-hydroxylation sites is 1. The maximum Gasteiger partial charge on any atom is 0.240 e. The summed E-state index contributed by atoms with van der Waals surface area (Å²) in [6, 6.07) is 4.82. The molecule has 1 aromatic carbocycles. The van der Waals surface area contributed by atoms with Crippen molar-refractivity contribution in [3.05, 3.63) is 23.8 Å². The minimum absolute atomic E-state index is 0.00634. The molecule has 0 unspecified atom stereocenters. The number of sulfonamides is 1. The molecule has 72 valence electrons. The highest BCUT2D eigenvalue weighted by Gasteiger charge is 2.13. The number of aryl methyl sites for hydroxylation is 1. The van der Waals surface area contributed by atoms with Crippen molar-refractivity contribution < 1.29 is 8.42 Å². The standard InChI is InChI=1S/C8H12N2O2S/c1-2-6-4-3-5-7(8(6)9)13(10,11)12/h3-5H,2,9H2,1H3,(H2,10,11,12). The molecule has 0 heterocycles. The van der Waals surface area contributed by atoms with E-state index in [1.54, 1.807) is 12.1 Å². The van der Waals surface area contributed by atoms with E-state index in [4.69, 9.17) is 10.9 Å². The summed E-state index contributed by atoms with van der Waals surface area (Å²) < 4.78 is 22.0. The molecule has 5 heteroatoms. The predicted octanol–water partition coefficient (Wildman–Crippen LogP) is 0.479. The van der Waals surface area contributed by atoms with Gasteiger partial charge in [0.05, 0.1) is 5.69 Å². The molecule has 13 heavy (non-hydrogen) atoms. The smallest absolute Gasteiger partial charge is 0.240 e. The molecule has 0 saturated carbocycles. The number of nitrogen functional groups attached to an aromatic ring is 1. The SMILES string of the molecule is CCc1cccc(S(N)(=O)=O)c1N. The van der Waals surface area contributed by atoms with Crippen molar-refractivity contribution in [2.45, 2.75) is 18.2 Å². The Morgan fingerprint density at radius 2 is 2.00 bits per heavy atom. The lowest BCUT2D eigenvalue weighted by Crippen LogP contribution is -2.15. The summed E-state index contributed by atoms with van der Waals surface area (Å²) in [7, 11) is -3.69. The molecule has 0 aromatic heterocycles. The number of nitrogens with two attached hydrogens (primary N) is 2. The summed E-state index contributed by atoms with van der Waals surface area (Å²) in [6.07, 6.45) is 0.690. The third-order valence-electron chi connectivity index (χ3n) is 1.84. The first-order valence-corrected chi connectivity index (χ1v) is 5.41. The Bertz CT molecular complexity index is 412. The Balaban J connectivity index is 3.41. The summed E-state index contributed by atoms with van der Waals surface area (Å²) in [4.78, 5) is 0.00634. The van der Waals surface area contributed by atoms with E-state index < -0.39 is 10.0 Å². The highest BCUT2D eigenvalue weighted by molar-refractivity contribution is 7.89. The van der Waals surface area contributed by atoms with Crippen molar-refractivity contribution in [2.75, 3.05) is 5.73 Å². The topological polar surface area (TPSA) is 86.2 Å². The van der Waals surface area contributed by atoms with Gasteiger partial charge in [0.2, 0.25) is 10.0 Å². The van der Waals surface area contributed by atoms with Crippen LogP contribution in [0.25, 0.3) is 0 Å². The van der Waals surface area contributed by atoms with Gasteiger partial charge in [-0.1, -0.05) is 19.1 Å². The monoisotopic (exact) mass is 200 g/mol. The van der Waals surface area contributed by atoms with Crippen LogP contribution in [0.2, 0.25) is 0 Å². The fourth-order valence-electron chi connectivity index (χ4n) is 1.15. The highest BCUT2D eigenvalue weighted by Crippen LogP contribution is 2.21. The maximum absolute atomic E-state index is 11.0. The zero-order chi connectivity index (χ0) is 10.1. The summed E-state index contributed by atoms with van der Waals surface area (Å²) in [5, 5.41) is 4.97. The van der Waals surface area contributed by atoms with Crippen LogP contribution in [0.4, 0.5) is 5.69 Å². The molecule has 0 amide bonds. The van der Waals surface area contributed by atoms with Gasteiger partial charge in [0, 0.05) is 0 Å². The van der Waals surface area contributed by atoms with Crippen LogP contribution < -0.4 is 10.9 Å². The number of rotatable bonds is 2. The van der Waals surface area contributed by atoms with Crippen molar-refractivity contribution in [3.8, 4) is 0 Å². The van der Waals surface area contributed by atoms with E-state index in [1.807, 2.05) is 6.92 Å². The molecule has 1 rings (SSSR count). The second-order valence-electron chi connectivity index (χ2n) is 2.73. The molecule has 0 bridgehead atoms. The lowest BCUT2D eigenvalue weighted by molar-refractivity contribution is 0.598. The summed E-state index contributed by atoms with van der Waals surface area (Å²) >= 11 is 0. The lowest BCUT2D eigenvalue weighted by Gasteiger charge is -2.06. The predicted molar refractivity (Wildman–Crippen MR) is 51.6 cm³/mol. The first-order valence-electron chi connectivity index (χ1n) is 3.87. The summed E-state index contributed by atoms with van der Waals surface area (Å²) in [6.45, 7) is 1.90. The van der Waals surface area contributed by atoms with Crippen molar-refractivity contribution in [1.82, 2.24) is 0 Å². The van der Waals surface area contributed by atoms with E-state index in [-0.39, 0.29) is 10.6 Å². The number of anilines is 1. The average molecular weight is 200 g/mol. The Hall–Kier alpha value is -1.07. The third kappa shape index (κ3) is 1.99. The fraction of sp³-hybridized carbons (Fsp3) is 0.250. The van der Waals surface area contributed by atoms with Crippen molar-refractivity contribution in [3.63, 3.8) is 0 Å². The largest absolute Gasteiger partial charge is 0.397 e. The van der Waals surface area contributed by atoms with Gasteiger partial charge < -0.3 is 5.73 Å². The molecule has 0 saturated heterocycles. The maximum atomic E-state index is 11.0. The Morgan fingerprint density at radius 1 is 1.38 bits per heavy atom. The summed E-state index contributed by atoms with van der Waals surface area (Å²) in [5.41, 5.74) is 6.68. The Labute approximate surface area is 77.6 Å².